The highest BCUT2D eigenvalue weighted by molar-refractivity contribution is 6.30. The fourth-order valence-electron chi connectivity index (χ4n) is 2.23. The summed E-state index contributed by atoms with van der Waals surface area (Å²) in [5.41, 5.74) is 8.31. The van der Waals surface area contributed by atoms with Crippen LogP contribution in [0.2, 0.25) is 5.02 Å². The first-order chi connectivity index (χ1) is 9.24. The number of nitrogens with two attached hydrogens (primary N) is 1. The van der Waals surface area contributed by atoms with Gasteiger partial charge in [-0.2, -0.15) is 0 Å². The van der Waals surface area contributed by atoms with Crippen LogP contribution >= 0.6 is 11.6 Å². The fraction of sp³-hybridized carbons (Fsp3) is 0.250. The van der Waals surface area contributed by atoms with E-state index in [1.807, 2.05) is 42.5 Å². The fourth-order valence-corrected chi connectivity index (χ4v) is 2.35. The molecule has 0 heterocycles. The summed E-state index contributed by atoms with van der Waals surface area (Å²) in [6.45, 7) is 0.586. The van der Waals surface area contributed by atoms with Crippen molar-refractivity contribution in [3.05, 3.63) is 64.7 Å². The van der Waals surface area contributed by atoms with Gasteiger partial charge in [0.15, 0.2) is 0 Å². The van der Waals surface area contributed by atoms with Crippen LogP contribution in [0.3, 0.4) is 0 Å². The van der Waals surface area contributed by atoms with Crippen LogP contribution in [0.25, 0.3) is 0 Å². The highest BCUT2D eigenvalue weighted by atomic mass is 35.5. The molecular formula is C16H18ClNO. The molecule has 0 aromatic heterocycles. The molecule has 1 atom stereocenters. The van der Waals surface area contributed by atoms with Crippen molar-refractivity contribution in [3.63, 3.8) is 0 Å². The second-order valence-electron chi connectivity index (χ2n) is 4.51. The summed E-state index contributed by atoms with van der Waals surface area (Å²) >= 11 is 5.90. The van der Waals surface area contributed by atoms with Gasteiger partial charge in [-0.15, -0.1) is 0 Å². The zero-order valence-corrected chi connectivity index (χ0v) is 11.7. The Morgan fingerprint density at radius 2 is 1.79 bits per heavy atom. The minimum Gasteiger partial charge on any atom is -0.496 e. The molecule has 0 radical (unpaired) electrons. The standard InChI is InChI=1S/C16H18ClNO/c1-19-16-5-3-2-4-15(16)13(11-18)10-12-6-8-14(17)9-7-12/h2-9,13H,10-11,18H2,1H3. The van der Waals surface area contributed by atoms with Crippen LogP contribution in [0.1, 0.15) is 17.0 Å². The number of halogens is 1. The highest BCUT2D eigenvalue weighted by Gasteiger charge is 2.14. The Morgan fingerprint density at radius 1 is 1.11 bits per heavy atom. The second-order valence-corrected chi connectivity index (χ2v) is 4.94. The zero-order chi connectivity index (χ0) is 13.7. The summed E-state index contributed by atoms with van der Waals surface area (Å²) in [5, 5.41) is 0.755. The quantitative estimate of drug-likeness (QED) is 0.904. The Bertz CT molecular complexity index is 525. The van der Waals surface area contributed by atoms with Crippen molar-refractivity contribution in [3.8, 4) is 5.75 Å². The lowest BCUT2D eigenvalue weighted by molar-refractivity contribution is 0.405. The van der Waals surface area contributed by atoms with Crippen LogP contribution in [0.15, 0.2) is 48.5 Å². The molecule has 100 valence electrons. The number of hydrogen-bond acceptors (Lipinski definition) is 2. The van der Waals surface area contributed by atoms with Crippen molar-refractivity contribution in [1.29, 1.82) is 0 Å². The van der Waals surface area contributed by atoms with Crippen LogP contribution in [0.4, 0.5) is 0 Å². The van der Waals surface area contributed by atoms with Gasteiger partial charge in [0.2, 0.25) is 0 Å². The summed E-state index contributed by atoms with van der Waals surface area (Å²) in [7, 11) is 1.69. The van der Waals surface area contributed by atoms with E-state index in [1.165, 1.54) is 5.56 Å². The minimum absolute atomic E-state index is 0.248. The van der Waals surface area contributed by atoms with E-state index >= 15 is 0 Å². The first-order valence-corrected chi connectivity index (χ1v) is 6.70. The SMILES string of the molecule is COc1ccccc1C(CN)Cc1ccc(Cl)cc1. The molecule has 0 aliphatic carbocycles. The largest absolute Gasteiger partial charge is 0.496 e. The van der Waals surface area contributed by atoms with Gasteiger partial charge in [0, 0.05) is 10.9 Å². The topological polar surface area (TPSA) is 35.2 Å². The first kappa shape index (κ1) is 13.9. The summed E-state index contributed by atoms with van der Waals surface area (Å²) in [6.07, 6.45) is 0.883. The van der Waals surface area contributed by atoms with Gasteiger partial charge in [0.25, 0.3) is 0 Å². The van der Waals surface area contributed by atoms with Gasteiger partial charge in [0.1, 0.15) is 5.75 Å². The van der Waals surface area contributed by atoms with Gasteiger partial charge < -0.3 is 10.5 Å². The molecule has 0 fully saturated rings. The Balaban J connectivity index is 2.22. The lowest BCUT2D eigenvalue weighted by atomic mass is 9.91. The van der Waals surface area contributed by atoms with Crippen molar-refractivity contribution >= 4 is 11.6 Å². The Labute approximate surface area is 119 Å². The predicted molar refractivity (Wildman–Crippen MR) is 79.9 cm³/mol. The molecular weight excluding hydrogens is 258 g/mol. The maximum atomic E-state index is 5.92. The molecule has 2 N–H and O–H groups in total. The van der Waals surface area contributed by atoms with Crippen LogP contribution in [-0.2, 0) is 6.42 Å². The molecule has 19 heavy (non-hydrogen) atoms. The number of methoxy groups -OCH3 is 1. The van der Waals surface area contributed by atoms with E-state index < -0.39 is 0 Å². The summed E-state index contributed by atoms with van der Waals surface area (Å²) < 4.78 is 5.41. The van der Waals surface area contributed by atoms with E-state index in [1.54, 1.807) is 7.11 Å². The number of hydrogen-bond donors (Lipinski definition) is 1. The number of para-hydroxylation sites is 1. The summed E-state index contributed by atoms with van der Waals surface area (Å²) in [4.78, 5) is 0. The van der Waals surface area contributed by atoms with Crippen molar-refractivity contribution in [2.75, 3.05) is 13.7 Å². The van der Waals surface area contributed by atoms with Crippen LogP contribution < -0.4 is 10.5 Å². The third-order valence-electron chi connectivity index (χ3n) is 3.26. The summed E-state index contributed by atoms with van der Waals surface area (Å²) in [6, 6.07) is 15.9. The van der Waals surface area contributed by atoms with Crippen molar-refractivity contribution in [2.45, 2.75) is 12.3 Å². The molecule has 3 heteroatoms. The molecule has 2 aromatic carbocycles. The van der Waals surface area contributed by atoms with Crippen LogP contribution in [0.5, 0.6) is 5.75 Å². The third-order valence-corrected chi connectivity index (χ3v) is 3.51. The van der Waals surface area contributed by atoms with Crippen LogP contribution in [-0.4, -0.2) is 13.7 Å². The zero-order valence-electron chi connectivity index (χ0n) is 11.0. The third kappa shape index (κ3) is 3.49. The van der Waals surface area contributed by atoms with E-state index in [4.69, 9.17) is 22.1 Å². The van der Waals surface area contributed by atoms with Gasteiger partial charge in [-0.25, -0.2) is 0 Å². The average molecular weight is 276 g/mol. The van der Waals surface area contributed by atoms with Gasteiger partial charge in [-0.1, -0.05) is 41.9 Å². The molecule has 0 amide bonds. The second kappa shape index (κ2) is 6.60. The van der Waals surface area contributed by atoms with Crippen LogP contribution in [0, 0.1) is 0 Å². The van der Waals surface area contributed by atoms with Gasteiger partial charge >= 0.3 is 0 Å². The highest BCUT2D eigenvalue weighted by Crippen LogP contribution is 2.28. The smallest absolute Gasteiger partial charge is 0.122 e. The van der Waals surface area contributed by atoms with Crippen molar-refractivity contribution in [2.24, 2.45) is 5.73 Å². The van der Waals surface area contributed by atoms with Crippen molar-refractivity contribution in [1.82, 2.24) is 0 Å². The van der Waals surface area contributed by atoms with Crippen molar-refractivity contribution < 1.29 is 4.74 Å². The molecule has 0 spiro atoms. The lowest BCUT2D eigenvalue weighted by Gasteiger charge is -2.18. The predicted octanol–water partition coefficient (Wildman–Crippen LogP) is 3.63. The normalized spacial score (nSPS) is 12.2. The molecule has 2 aromatic rings. The molecule has 2 rings (SSSR count). The molecule has 2 nitrogen and oxygen atoms in total. The molecule has 0 saturated heterocycles. The van der Waals surface area contributed by atoms with Gasteiger partial charge in [-0.3, -0.25) is 0 Å². The molecule has 0 aliphatic heterocycles. The number of benzene rings is 2. The van der Waals surface area contributed by atoms with Gasteiger partial charge in [0.05, 0.1) is 7.11 Å². The number of ether oxygens (including phenoxy) is 1. The monoisotopic (exact) mass is 275 g/mol. The Kier molecular flexibility index (Phi) is 4.83. The molecule has 0 aliphatic rings. The van der Waals surface area contributed by atoms with E-state index in [2.05, 4.69) is 6.07 Å². The molecule has 0 bridgehead atoms. The minimum atomic E-state index is 0.248. The maximum absolute atomic E-state index is 5.92. The van der Waals surface area contributed by atoms with E-state index in [0.29, 0.717) is 6.54 Å². The Hall–Kier alpha value is -1.51. The van der Waals surface area contributed by atoms with E-state index in [9.17, 15) is 0 Å². The van der Waals surface area contributed by atoms with E-state index in [0.717, 1.165) is 22.8 Å². The average Bonchev–Trinajstić information content (AvgIpc) is 2.46. The maximum Gasteiger partial charge on any atom is 0.122 e. The molecule has 1 unspecified atom stereocenters. The molecule has 0 saturated carbocycles. The number of rotatable bonds is 5. The van der Waals surface area contributed by atoms with Gasteiger partial charge in [-0.05, 0) is 42.3 Å². The van der Waals surface area contributed by atoms with E-state index in [-0.39, 0.29) is 5.92 Å². The summed E-state index contributed by atoms with van der Waals surface area (Å²) in [5.74, 6) is 1.14. The lowest BCUT2D eigenvalue weighted by Crippen LogP contribution is -2.15. The Morgan fingerprint density at radius 3 is 2.42 bits per heavy atom. The first-order valence-electron chi connectivity index (χ1n) is 6.32.